The second kappa shape index (κ2) is 7.50. The van der Waals surface area contributed by atoms with E-state index in [0.29, 0.717) is 26.1 Å². The van der Waals surface area contributed by atoms with Crippen molar-refractivity contribution in [2.45, 2.75) is 59.0 Å². The van der Waals surface area contributed by atoms with E-state index in [0.717, 1.165) is 25.8 Å². The van der Waals surface area contributed by atoms with Crippen molar-refractivity contribution in [3.63, 3.8) is 0 Å². The molecule has 0 unspecified atom stereocenters. The van der Waals surface area contributed by atoms with E-state index in [1.54, 1.807) is 4.90 Å². The molecule has 2 amide bonds. The summed E-state index contributed by atoms with van der Waals surface area (Å²) in [5.74, 6) is 0.206. The maximum Gasteiger partial charge on any atom is 0.410 e. The Kier molecular flexibility index (Phi) is 6.30. The van der Waals surface area contributed by atoms with E-state index in [4.69, 9.17) is 4.74 Å². The minimum absolute atomic E-state index is 0.206. The lowest BCUT2D eigenvalue weighted by Gasteiger charge is -2.26. The molecule has 5 heteroatoms. The fourth-order valence-electron chi connectivity index (χ4n) is 2.16. The Morgan fingerprint density at radius 1 is 1.05 bits per heavy atom. The van der Waals surface area contributed by atoms with Crippen LogP contribution in [-0.4, -0.2) is 53.6 Å². The van der Waals surface area contributed by atoms with Gasteiger partial charge < -0.3 is 14.5 Å². The summed E-state index contributed by atoms with van der Waals surface area (Å²) >= 11 is 0. The standard InChI is InChI=1S/C15H28N2O3/c1-5-6-8-13(18)16-9-7-10-17(12-11-16)14(19)20-15(2,3)4/h5-12H2,1-4H3. The highest BCUT2D eigenvalue weighted by molar-refractivity contribution is 5.76. The molecule has 20 heavy (non-hydrogen) atoms. The third kappa shape index (κ3) is 5.80. The summed E-state index contributed by atoms with van der Waals surface area (Å²) in [7, 11) is 0. The summed E-state index contributed by atoms with van der Waals surface area (Å²) in [6.07, 6.45) is 3.12. The first kappa shape index (κ1) is 16.8. The molecule has 0 radical (unpaired) electrons. The van der Waals surface area contributed by atoms with Crippen LogP contribution in [0.4, 0.5) is 4.79 Å². The number of carbonyl (C=O) groups excluding carboxylic acids is 2. The lowest BCUT2D eigenvalue weighted by Crippen LogP contribution is -2.40. The maximum absolute atomic E-state index is 12.0. The number of hydrogen-bond donors (Lipinski definition) is 0. The number of rotatable bonds is 3. The van der Waals surface area contributed by atoms with Crippen molar-refractivity contribution in [1.82, 2.24) is 9.80 Å². The van der Waals surface area contributed by atoms with E-state index < -0.39 is 5.60 Å². The van der Waals surface area contributed by atoms with Crippen LogP contribution in [0.25, 0.3) is 0 Å². The smallest absolute Gasteiger partial charge is 0.410 e. The summed E-state index contributed by atoms with van der Waals surface area (Å²) in [5.41, 5.74) is -0.472. The third-order valence-corrected chi connectivity index (χ3v) is 3.24. The Hall–Kier alpha value is -1.26. The highest BCUT2D eigenvalue weighted by atomic mass is 16.6. The van der Waals surface area contributed by atoms with Gasteiger partial charge in [0.15, 0.2) is 0 Å². The summed E-state index contributed by atoms with van der Waals surface area (Å²) in [5, 5.41) is 0. The monoisotopic (exact) mass is 284 g/mol. The molecule has 0 aliphatic carbocycles. The van der Waals surface area contributed by atoms with E-state index in [1.807, 2.05) is 25.7 Å². The van der Waals surface area contributed by atoms with Crippen molar-refractivity contribution in [2.75, 3.05) is 26.2 Å². The Morgan fingerprint density at radius 3 is 2.25 bits per heavy atom. The molecule has 0 spiro atoms. The van der Waals surface area contributed by atoms with Crippen LogP contribution in [0, 0.1) is 0 Å². The van der Waals surface area contributed by atoms with Crippen LogP contribution in [0.5, 0.6) is 0 Å². The number of hydrogen-bond acceptors (Lipinski definition) is 3. The lowest BCUT2D eigenvalue weighted by molar-refractivity contribution is -0.131. The predicted octanol–water partition coefficient (Wildman–Crippen LogP) is 2.65. The quantitative estimate of drug-likeness (QED) is 0.800. The molecule has 0 saturated carbocycles. The van der Waals surface area contributed by atoms with Crippen LogP contribution in [0.15, 0.2) is 0 Å². The average Bonchev–Trinajstić information content (AvgIpc) is 2.59. The minimum atomic E-state index is -0.472. The van der Waals surface area contributed by atoms with Crippen LogP contribution in [0.2, 0.25) is 0 Å². The van der Waals surface area contributed by atoms with Gasteiger partial charge in [-0.3, -0.25) is 4.79 Å². The normalized spacial score (nSPS) is 16.8. The zero-order chi connectivity index (χ0) is 15.2. The minimum Gasteiger partial charge on any atom is -0.444 e. The Bertz CT molecular complexity index is 337. The van der Waals surface area contributed by atoms with Crippen molar-refractivity contribution in [3.8, 4) is 0 Å². The van der Waals surface area contributed by atoms with Gasteiger partial charge in [-0.25, -0.2) is 4.79 Å². The zero-order valence-electron chi connectivity index (χ0n) is 13.3. The fourth-order valence-corrected chi connectivity index (χ4v) is 2.16. The molecular formula is C15H28N2O3. The molecule has 116 valence electrons. The van der Waals surface area contributed by atoms with Gasteiger partial charge in [-0.15, -0.1) is 0 Å². The summed E-state index contributed by atoms with van der Waals surface area (Å²) in [4.78, 5) is 27.6. The van der Waals surface area contributed by atoms with E-state index in [-0.39, 0.29) is 12.0 Å². The van der Waals surface area contributed by atoms with Crippen molar-refractivity contribution < 1.29 is 14.3 Å². The fraction of sp³-hybridized carbons (Fsp3) is 0.867. The molecular weight excluding hydrogens is 256 g/mol. The molecule has 1 aliphatic heterocycles. The van der Waals surface area contributed by atoms with E-state index in [2.05, 4.69) is 6.92 Å². The molecule has 0 atom stereocenters. The average molecular weight is 284 g/mol. The lowest BCUT2D eigenvalue weighted by atomic mass is 10.2. The van der Waals surface area contributed by atoms with Crippen LogP contribution in [0.3, 0.4) is 0 Å². The number of amides is 2. The summed E-state index contributed by atoms with van der Waals surface area (Å²) < 4.78 is 5.38. The van der Waals surface area contributed by atoms with Crippen molar-refractivity contribution in [2.24, 2.45) is 0 Å². The summed E-state index contributed by atoms with van der Waals surface area (Å²) in [6.45, 7) is 10.2. The summed E-state index contributed by atoms with van der Waals surface area (Å²) in [6, 6.07) is 0. The molecule has 0 aromatic carbocycles. The van der Waals surface area contributed by atoms with E-state index in [9.17, 15) is 9.59 Å². The predicted molar refractivity (Wildman–Crippen MR) is 78.5 cm³/mol. The number of carbonyl (C=O) groups is 2. The van der Waals surface area contributed by atoms with Gasteiger partial charge in [-0.1, -0.05) is 13.3 Å². The largest absolute Gasteiger partial charge is 0.444 e. The molecule has 1 aliphatic rings. The second-order valence-corrected chi connectivity index (χ2v) is 6.31. The molecule has 0 bridgehead atoms. The van der Waals surface area contributed by atoms with Gasteiger partial charge in [-0.2, -0.15) is 0 Å². The van der Waals surface area contributed by atoms with Gasteiger partial charge in [-0.05, 0) is 33.6 Å². The Morgan fingerprint density at radius 2 is 1.65 bits per heavy atom. The van der Waals surface area contributed by atoms with Crippen LogP contribution < -0.4 is 0 Å². The van der Waals surface area contributed by atoms with Crippen molar-refractivity contribution >= 4 is 12.0 Å². The van der Waals surface area contributed by atoms with Crippen molar-refractivity contribution in [1.29, 1.82) is 0 Å². The Balaban J connectivity index is 2.46. The first-order chi connectivity index (χ1) is 9.33. The third-order valence-electron chi connectivity index (χ3n) is 3.24. The van der Waals surface area contributed by atoms with Gasteiger partial charge in [0.05, 0.1) is 0 Å². The zero-order valence-corrected chi connectivity index (χ0v) is 13.3. The highest BCUT2D eigenvalue weighted by Gasteiger charge is 2.25. The molecule has 1 fully saturated rings. The first-order valence-electron chi connectivity index (χ1n) is 7.59. The number of unbranched alkanes of at least 4 members (excludes halogenated alkanes) is 1. The van der Waals surface area contributed by atoms with Gasteiger partial charge in [0.2, 0.25) is 5.91 Å². The number of nitrogens with zero attached hydrogens (tertiary/aromatic N) is 2. The van der Waals surface area contributed by atoms with E-state index >= 15 is 0 Å². The first-order valence-corrected chi connectivity index (χ1v) is 7.59. The van der Waals surface area contributed by atoms with Gasteiger partial charge in [0.25, 0.3) is 0 Å². The molecule has 1 rings (SSSR count). The topological polar surface area (TPSA) is 49.9 Å². The van der Waals surface area contributed by atoms with Crippen molar-refractivity contribution in [3.05, 3.63) is 0 Å². The number of ether oxygens (including phenoxy) is 1. The molecule has 1 saturated heterocycles. The van der Waals surface area contributed by atoms with Crippen LogP contribution in [-0.2, 0) is 9.53 Å². The van der Waals surface area contributed by atoms with Gasteiger partial charge in [0, 0.05) is 32.6 Å². The van der Waals surface area contributed by atoms with Crippen LogP contribution >= 0.6 is 0 Å². The molecule has 0 N–H and O–H groups in total. The maximum atomic E-state index is 12.0. The van der Waals surface area contributed by atoms with Gasteiger partial charge >= 0.3 is 6.09 Å². The molecule has 0 aromatic heterocycles. The van der Waals surface area contributed by atoms with Crippen LogP contribution in [0.1, 0.15) is 53.4 Å². The molecule has 0 aromatic rings. The molecule has 5 nitrogen and oxygen atoms in total. The van der Waals surface area contributed by atoms with Gasteiger partial charge in [0.1, 0.15) is 5.60 Å². The highest BCUT2D eigenvalue weighted by Crippen LogP contribution is 2.13. The SMILES string of the molecule is CCCCC(=O)N1CCCN(C(=O)OC(C)(C)C)CC1. The second-order valence-electron chi connectivity index (χ2n) is 6.31. The Labute approximate surface area is 122 Å². The molecule has 1 heterocycles. The van der Waals surface area contributed by atoms with E-state index in [1.165, 1.54) is 0 Å².